The standard InChI is InChI=1S/C13H11ClN4O/c14-12-4-3-11(19-12)9-15-10-2-5-13(16-8-10)18-7-1-6-17-18/h1-8,15H,9H2. The molecule has 5 nitrogen and oxygen atoms in total. The first-order valence-electron chi connectivity index (χ1n) is 5.75. The summed E-state index contributed by atoms with van der Waals surface area (Å²) in [6.07, 6.45) is 5.32. The highest BCUT2D eigenvalue weighted by molar-refractivity contribution is 6.28. The zero-order chi connectivity index (χ0) is 13.1. The summed E-state index contributed by atoms with van der Waals surface area (Å²) in [6, 6.07) is 9.24. The molecular formula is C13H11ClN4O. The van der Waals surface area contributed by atoms with Gasteiger partial charge >= 0.3 is 0 Å². The number of nitrogens with zero attached hydrogens (tertiary/aromatic N) is 3. The summed E-state index contributed by atoms with van der Waals surface area (Å²) in [4.78, 5) is 4.32. The number of furan rings is 1. The number of hydrogen-bond donors (Lipinski definition) is 1. The summed E-state index contributed by atoms with van der Waals surface area (Å²) >= 11 is 5.70. The van der Waals surface area contributed by atoms with E-state index < -0.39 is 0 Å². The van der Waals surface area contributed by atoms with Crippen LogP contribution in [0.2, 0.25) is 5.22 Å². The fourth-order valence-electron chi connectivity index (χ4n) is 1.67. The molecule has 0 aliphatic rings. The summed E-state index contributed by atoms with van der Waals surface area (Å²) in [5.41, 5.74) is 0.906. The van der Waals surface area contributed by atoms with E-state index in [-0.39, 0.29) is 0 Å². The van der Waals surface area contributed by atoms with Crippen LogP contribution < -0.4 is 5.32 Å². The Bertz CT molecular complexity index is 646. The molecule has 0 saturated heterocycles. The SMILES string of the molecule is Clc1ccc(CNc2ccc(-n3cccn3)nc2)o1. The van der Waals surface area contributed by atoms with Crippen LogP contribution in [0, 0.1) is 0 Å². The van der Waals surface area contributed by atoms with Crippen LogP contribution in [0.4, 0.5) is 5.69 Å². The van der Waals surface area contributed by atoms with Crippen molar-refractivity contribution in [1.29, 1.82) is 0 Å². The van der Waals surface area contributed by atoms with Crippen molar-refractivity contribution in [2.24, 2.45) is 0 Å². The molecule has 3 aromatic rings. The Morgan fingerprint density at radius 3 is 2.84 bits per heavy atom. The maximum Gasteiger partial charge on any atom is 0.193 e. The molecule has 0 radical (unpaired) electrons. The van der Waals surface area contributed by atoms with Gasteiger partial charge in [0, 0.05) is 12.4 Å². The molecule has 0 aliphatic heterocycles. The minimum Gasteiger partial charge on any atom is -0.448 e. The number of hydrogen-bond acceptors (Lipinski definition) is 4. The number of rotatable bonds is 4. The second kappa shape index (κ2) is 5.16. The molecule has 0 bridgehead atoms. The molecule has 3 heterocycles. The van der Waals surface area contributed by atoms with E-state index in [1.54, 1.807) is 23.1 Å². The number of aromatic nitrogens is 3. The molecule has 96 valence electrons. The summed E-state index contributed by atoms with van der Waals surface area (Å²) in [5.74, 6) is 1.55. The molecule has 3 rings (SSSR count). The number of nitrogens with one attached hydrogen (secondary N) is 1. The van der Waals surface area contributed by atoms with Crippen LogP contribution in [0.15, 0.2) is 53.3 Å². The van der Waals surface area contributed by atoms with Crippen molar-refractivity contribution < 1.29 is 4.42 Å². The molecule has 6 heteroatoms. The Labute approximate surface area is 114 Å². The van der Waals surface area contributed by atoms with Gasteiger partial charge in [0.05, 0.1) is 18.4 Å². The third kappa shape index (κ3) is 2.77. The predicted molar refractivity (Wildman–Crippen MR) is 72.4 cm³/mol. The summed E-state index contributed by atoms with van der Waals surface area (Å²) in [5, 5.41) is 7.71. The van der Waals surface area contributed by atoms with Gasteiger partial charge in [-0.15, -0.1) is 0 Å². The highest BCUT2D eigenvalue weighted by atomic mass is 35.5. The van der Waals surface area contributed by atoms with E-state index in [2.05, 4.69) is 15.4 Å². The van der Waals surface area contributed by atoms with Gasteiger partial charge in [0.15, 0.2) is 11.0 Å². The molecule has 0 spiro atoms. The lowest BCUT2D eigenvalue weighted by Gasteiger charge is -2.05. The fraction of sp³-hybridized carbons (Fsp3) is 0.0769. The van der Waals surface area contributed by atoms with E-state index in [0.29, 0.717) is 11.8 Å². The Morgan fingerprint density at radius 1 is 1.26 bits per heavy atom. The topological polar surface area (TPSA) is 55.9 Å². The molecule has 0 amide bonds. The van der Waals surface area contributed by atoms with Crippen LogP contribution in [0.1, 0.15) is 5.76 Å². The van der Waals surface area contributed by atoms with Gasteiger partial charge in [0.25, 0.3) is 0 Å². The highest BCUT2D eigenvalue weighted by Crippen LogP contribution is 2.15. The van der Waals surface area contributed by atoms with E-state index in [1.165, 1.54) is 0 Å². The maximum atomic E-state index is 5.70. The second-order valence-electron chi connectivity index (χ2n) is 3.92. The van der Waals surface area contributed by atoms with Gasteiger partial charge in [0.2, 0.25) is 0 Å². The summed E-state index contributed by atoms with van der Waals surface area (Å²) in [6.45, 7) is 0.565. The predicted octanol–water partition coefficient (Wildman–Crippen LogP) is 3.13. The molecule has 3 aromatic heterocycles. The largest absolute Gasteiger partial charge is 0.448 e. The van der Waals surface area contributed by atoms with Crippen LogP contribution in [-0.4, -0.2) is 14.8 Å². The van der Waals surface area contributed by atoms with E-state index in [0.717, 1.165) is 17.3 Å². The minimum absolute atomic E-state index is 0.393. The van der Waals surface area contributed by atoms with Crippen LogP contribution in [0.3, 0.4) is 0 Å². The average Bonchev–Trinajstić information content (AvgIpc) is 3.08. The lowest BCUT2D eigenvalue weighted by atomic mass is 10.3. The summed E-state index contributed by atoms with van der Waals surface area (Å²) in [7, 11) is 0. The average molecular weight is 275 g/mol. The van der Waals surface area contributed by atoms with E-state index >= 15 is 0 Å². The van der Waals surface area contributed by atoms with Crippen molar-refractivity contribution >= 4 is 17.3 Å². The van der Waals surface area contributed by atoms with Gasteiger partial charge in [-0.25, -0.2) is 9.67 Å². The second-order valence-corrected chi connectivity index (χ2v) is 4.29. The molecule has 0 fully saturated rings. The summed E-state index contributed by atoms with van der Waals surface area (Å²) < 4.78 is 6.96. The van der Waals surface area contributed by atoms with Crippen molar-refractivity contribution in [1.82, 2.24) is 14.8 Å². The third-order valence-electron chi connectivity index (χ3n) is 2.58. The normalized spacial score (nSPS) is 10.6. The number of anilines is 1. The van der Waals surface area contributed by atoms with E-state index in [4.69, 9.17) is 16.0 Å². The van der Waals surface area contributed by atoms with Crippen molar-refractivity contribution in [3.8, 4) is 5.82 Å². The van der Waals surface area contributed by atoms with E-state index in [9.17, 15) is 0 Å². The Hall–Kier alpha value is -2.27. The number of halogens is 1. The molecule has 0 aromatic carbocycles. The first-order valence-corrected chi connectivity index (χ1v) is 6.13. The van der Waals surface area contributed by atoms with Crippen molar-refractivity contribution in [2.75, 3.05) is 5.32 Å². The molecule has 19 heavy (non-hydrogen) atoms. The smallest absolute Gasteiger partial charge is 0.193 e. The lowest BCUT2D eigenvalue weighted by Crippen LogP contribution is -2.01. The molecule has 0 unspecified atom stereocenters. The Balaban J connectivity index is 1.66. The van der Waals surface area contributed by atoms with Crippen LogP contribution in [0.25, 0.3) is 5.82 Å². The van der Waals surface area contributed by atoms with Gasteiger partial charge in [-0.1, -0.05) is 0 Å². The van der Waals surface area contributed by atoms with Crippen LogP contribution in [-0.2, 0) is 6.54 Å². The van der Waals surface area contributed by atoms with Crippen molar-refractivity contribution in [3.05, 3.63) is 59.9 Å². The van der Waals surface area contributed by atoms with Crippen LogP contribution >= 0.6 is 11.6 Å². The van der Waals surface area contributed by atoms with Gasteiger partial charge in [-0.2, -0.15) is 5.10 Å². The Morgan fingerprint density at radius 2 is 2.21 bits per heavy atom. The lowest BCUT2D eigenvalue weighted by molar-refractivity contribution is 0.520. The fourth-order valence-corrected chi connectivity index (χ4v) is 1.83. The zero-order valence-electron chi connectivity index (χ0n) is 9.95. The van der Waals surface area contributed by atoms with Gasteiger partial charge < -0.3 is 9.73 Å². The highest BCUT2D eigenvalue weighted by Gasteiger charge is 2.01. The van der Waals surface area contributed by atoms with Gasteiger partial charge in [0.1, 0.15) is 5.76 Å². The van der Waals surface area contributed by atoms with Gasteiger partial charge in [-0.05, 0) is 41.9 Å². The van der Waals surface area contributed by atoms with E-state index in [1.807, 2.05) is 30.5 Å². The monoisotopic (exact) mass is 274 g/mol. The molecule has 0 aliphatic carbocycles. The molecule has 0 saturated carbocycles. The number of pyridine rings is 1. The van der Waals surface area contributed by atoms with Crippen LogP contribution in [0.5, 0.6) is 0 Å². The Kier molecular flexibility index (Phi) is 3.20. The minimum atomic E-state index is 0.393. The van der Waals surface area contributed by atoms with Crippen molar-refractivity contribution in [2.45, 2.75) is 6.54 Å². The van der Waals surface area contributed by atoms with Gasteiger partial charge in [-0.3, -0.25) is 0 Å². The third-order valence-corrected chi connectivity index (χ3v) is 2.79. The first-order chi connectivity index (χ1) is 9.31. The zero-order valence-corrected chi connectivity index (χ0v) is 10.7. The quantitative estimate of drug-likeness (QED) is 0.794. The molecule has 1 N–H and O–H groups in total. The maximum absolute atomic E-state index is 5.70. The molecular weight excluding hydrogens is 264 g/mol. The first kappa shape index (κ1) is 11.8. The molecule has 0 atom stereocenters. The van der Waals surface area contributed by atoms with Crippen molar-refractivity contribution in [3.63, 3.8) is 0 Å².